The summed E-state index contributed by atoms with van der Waals surface area (Å²) in [4.78, 5) is 0. The molecule has 1 heterocycles. The Labute approximate surface area is 86.5 Å². The van der Waals surface area contributed by atoms with Crippen molar-refractivity contribution in [1.29, 1.82) is 0 Å². The highest BCUT2D eigenvalue weighted by molar-refractivity contribution is 14.1. The van der Waals surface area contributed by atoms with Crippen molar-refractivity contribution in [2.75, 3.05) is 5.73 Å². The number of thiophene rings is 1. The molecule has 0 saturated carbocycles. The van der Waals surface area contributed by atoms with Crippen LogP contribution in [0.25, 0.3) is 10.1 Å². The molecule has 1 aromatic carbocycles. The van der Waals surface area contributed by atoms with E-state index in [9.17, 15) is 4.39 Å². The summed E-state index contributed by atoms with van der Waals surface area (Å²) >= 11 is 3.49. The molecule has 4 heteroatoms. The molecule has 2 rings (SSSR count). The third kappa shape index (κ3) is 1.09. The Hall–Kier alpha value is -0.360. The van der Waals surface area contributed by atoms with Crippen LogP contribution in [-0.2, 0) is 0 Å². The van der Waals surface area contributed by atoms with Gasteiger partial charge in [0, 0.05) is 14.3 Å². The molecule has 0 unspecified atom stereocenters. The number of benzene rings is 1. The Kier molecular flexibility index (Phi) is 1.96. The maximum absolute atomic E-state index is 13.0. The number of nitrogen functional groups attached to an aromatic ring is 1. The van der Waals surface area contributed by atoms with Crippen LogP contribution in [-0.4, -0.2) is 0 Å². The number of hydrogen-bond donors (Lipinski definition) is 1. The molecule has 0 aliphatic carbocycles. The summed E-state index contributed by atoms with van der Waals surface area (Å²) in [6.45, 7) is 0. The second-order valence-corrected chi connectivity index (χ2v) is 4.46. The molecular formula is C8H5FINS. The lowest BCUT2D eigenvalue weighted by molar-refractivity contribution is 0.644. The molecule has 0 aliphatic rings. The van der Waals surface area contributed by atoms with Crippen LogP contribution >= 0.6 is 33.9 Å². The van der Waals surface area contributed by atoms with Gasteiger partial charge < -0.3 is 5.73 Å². The second-order valence-electron chi connectivity index (χ2n) is 2.42. The minimum absolute atomic E-state index is 0.182. The summed E-state index contributed by atoms with van der Waals surface area (Å²) in [5.41, 5.74) is 6.45. The summed E-state index contributed by atoms with van der Waals surface area (Å²) in [5, 5.41) is 2.11. The fourth-order valence-corrected chi connectivity index (χ4v) is 2.57. The number of halogens is 2. The molecule has 1 aromatic heterocycles. The molecule has 2 N–H and O–H groups in total. The standard InChI is InChI=1S/C8H5FINS/c9-5-3-12-8-4(5)1-2-6(10)7(8)11/h1-3H,11H2. The van der Waals surface area contributed by atoms with E-state index in [-0.39, 0.29) is 5.82 Å². The van der Waals surface area contributed by atoms with Crippen molar-refractivity contribution < 1.29 is 4.39 Å². The van der Waals surface area contributed by atoms with Crippen molar-refractivity contribution in [3.63, 3.8) is 0 Å². The maximum atomic E-state index is 13.0. The first-order chi connectivity index (χ1) is 5.70. The van der Waals surface area contributed by atoms with Crippen LogP contribution in [0, 0.1) is 9.39 Å². The van der Waals surface area contributed by atoms with Gasteiger partial charge in [0.15, 0.2) is 0 Å². The highest BCUT2D eigenvalue weighted by Gasteiger charge is 2.07. The lowest BCUT2D eigenvalue weighted by Crippen LogP contribution is -1.88. The Morgan fingerprint density at radius 2 is 2.17 bits per heavy atom. The molecule has 0 aliphatic heterocycles. The fraction of sp³-hybridized carbons (Fsp3) is 0. The molecule has 0 amide bonds. The van der Waals surface area contributed by atoms with E-state index in [2.05, 4.69) is 22.6 Å². The Morgan fingerprint density at radius 3 is 2.92 bits per heavy atom. The van der Waals surface area contributed by atoms with Crippen LogP contribution < -0.4 is 5.73 Å². The van der Waals surface area contributed by atoms with E-state index < -0.39 is 0 Å². The smallest absolute Gasteiger partial charge is 0.141 e. The summed E-state index contributed by atoms with van der Waals surface area (Å²) < 4.78 is 14.8. The molecule has 2 aromatic rings. The number of fused-ring (bicyclic) bond motifs is 1. The molecule has 0 atom stereocenters. The summed E-state index contributed by atoms with van der Waals surface area (Å²) in [6.07, 6.45) is 0. The lowest BCUT2D eigenvalue weighted by atomic mass is 10.2. The maximum Gasteiger partial charge on any atom is 0.141 e. The van der Waals surface area contributed by atoms with Crippen molar-refractivity contribution in [3.05, 3.63) is 26.9 Å². The van der Waals surface area contributed by atoms with Crippen molar-refractivity contribution in [1.82, 2.24) is 0 Å². The van der Waals surface area contributed by atoms with Crippen molar-refractivity contribution in [2.45, 2.75) is 0 Å². The first kappa shape index (κ1) is 8.25. The highest BCUT2D eigenvalue weighted by atomic mass is 127. The first-order valence-corrected chi connectivity index (χ1v) is 5.26. The van der Waals surface area contributed by atoms with E-state index in [0.717, 1.165) is 8.27 Å². The van der Waals surface area contributed by atoms with E-state index in [1.807, 2.05) is 6.07 Å². The predicted molar refractivity (Wildman–Crippen MR) is 58.9 cm³/mol. The van der Waals surface area contributed by atoms with E-state index in [1.165, 1.54) is 16.7 Å². The van der Waals surface area contributed by atoms with Crippen LogP contribution in [0.4, 0.5) is 10.1 Å². The lowest BCUT2D eigenvalue weighted by Gasteiger charge is -1.98. The predicted octanol–water partition coefficient (Wildman–Crippen LogP) is 3.23. The van der Waals surface area contributed by atoms with E-state index in [1.54, 1.807) is 6.07 Å². The number of nitrogens with two attached hydrogens (primary N) is 1. The van der Waals surface area contributed by atoms with Gasteiger partial charge in [-0.3, -0.25) is 0 Å². The van der Waals surface area contributed by atoms with Crippen LogP contribution in [0.3, 0.4) is 0 Å². The van der Waals surface area contributed by atoms with Gasteiger partial charge in [0.1, 0.15) is 5.82 Å². The van der Waals surface area contributed by atoms with Gasteiger partial charge in [-0.25, -0.2) is 4.39 Å². The van der Waals surface area contributed by atoms with Crippen LogP contribution in [0.5, 0.6) is 0 Å². The number of rotatable bonds is 0. The Morgan fingerprint density at radius 1 is 1.42 bits per heavy atom. The molecule has 0 saturated heterocycles. The third-order valence-electron chi connectivity index (χ3n) is 1.68. The van der Waals surface area contributed by atoms with E-state index in [4.69, 9.17) is 5.73 Å². The van der Waals surface area contributed by atoms with Gasteiger partial charge in [0.05, 0.1) is 10.4 Å². The summed E-state index contributed by atoms with van der Waals surface area (Å²) in [7, 11) is 0. The van der Waals surface area contributed by atoms with Crippen LogP contribution in [0.2, 0.25) is 0 Å². The van der Waals surface area contributed by atoms with E-state index in [0.29, 0.717) is 11.1 Å². The summed E-state index contributed by atoms with van der Waals surface area (Å²) in [6, 6.07) is 3.59. The van der Waals surface area contributed by atoms with Gasteiger partial charge in [-0.2, -0.15) is 0 Å². The van der Waals surface area contributed by atoms with Crippen LogP contribution in [0.15, 0.2) is 17.5 Å². The Balaban J connectivity index is 2.93. The van der Waals surface area contributed by atoms with Gasteiger partial charge in [0.2, 0.25) is 0 Å². The minimum Gasteiger partial charge on any atom is -0.397 e. The molecule has 0 bridgehead atoms. The SMILES string of the molecule is Nc1c(I)ccc2c(F)csc12. The number of anilines is 1. The molecule has 0 spiro atoms. The van der Waals surface area contributed by atoms with Crippen molar-refractivity contribution >= 4 is 49.7 Å². The minimum atomic E-state index is -0.182. The zero-order valence-corrected chi connectivity index (χ0v) is 8.95. The largest absolute Gasteiger partial charge is 0.397 e. The van der Waals surface area contributed by atoms with Gasteiger partial charge in [-0.15, -0.1) is 11.3 Å². The van der Waals surface area contributed by atoms with Gasteiger partial charge in [-0.05, 0) is 34.7 Å². The van der Waals surface area contributed by atoms with Crippen LogP contribution in [0.1, 0.15) is 0 Å². The zero-order valence-electron chi connectivity index (χ0n) is 5.97. The normalized spacial score (nSPS) is 10.8. The Bertz CT molecular complexity index is 438. The molecule has 0 fully saturated rings. The molecule has 62 valence electrons. The molecular weight excluding hydrogens is 288 g/mol. The molecule has 0 radical (unpaired) electrons. The van der Waals surface area contributed by atoms with Crippen molar-refractivity contribution in [2.24, 2.45) is 0 Å². The van der Waals surface area contributed by atoms with Gasteiger partial charge >= 0.3 is 0 Å². The fourth-order valence-electron chi connectivity index (χ4n) is 1.06. The average molecular weight is 293 g/mol. The first-order valence-electron chi connectivity index (χ1n) is 3.31. The number of hydrogen-bond acceptors (Lipinski definition) is 2. The quantitative estimate of drug-likeness (QED) is 0.586. The highest BCUT2D eigenvalue weighted by Crippen LogP contribution is 2.32. The van der Waals surface area contributed by atoms with Gasteiger partial charge in [0.25, 0.3) is 0 Å². The molecule has 12 heavy (non-hydrogen) atoms. The topological polar surface area (TPSA) is 26.0 Å². The third-order valence-corrected chi connectivity index (χ3v) is 3.62. The van der Waals surface area contributed by atoms with Gasteiger partial charge in [-0.1, -0.05) is 0 Å². The van der Waals surface area contributed by atoms with Crippen molar-refractivity contribution in [3.8, 4) is 0 Å². The average Bonchev–Trinajstić information content (AvgIpc) is 2.41. The molecule has 1 nitrogen and oxygen atoms in total. The second kappa shape index (κ2) is 2.85. The zero-order chi connectivity index (χ0) is 8.72. The summed E-state index contributed by atoms with van der Waals surface area (Å²) in [5.74, 6) is -0.182. The monoisotopic (exact) mass is 293 g/mol. The van der Waals surface area contributed by atoms with E-state index >= 15 is 0 Å².